The molecule has 0 aliphatic carbocycles. The van der Waals surface area contributed by atoms with Crippen molar-refractivity contribution >= 4 is 34.5 Å². The third-order valence-corrected chi connectivity index (χ3v) is 6.06. The van der Waals surface area contributed by atoms with Gasteiger partial charge in [-0.05, 0) is 37.3 Å². The number of unbranched alkanes of at least 4 members (excludes halogenated alkanes) is 12. The highest BCUT2D eigenvalue weighted by Crippen LogP contribution is 2.13. The summed E-state index contributed by atoms with van der Waals surface area (Å²) in [6.45, 7) is 6.27. The molecule has 0 rings (SSSR count). The lowest BCUT2D eigenvalue weighted by molar-refractivity contribution is 0.0498. The maximum atomic E-state index is 9.16. The van der Waals surface area contributed by atoms with E-state index >= 15 is 0 Å². The summed E-state index contributed by atoms with van der Waals surface area (Å²) < 4.78 is 10.2. The maximum absolute atomic E-state index is 9.16. The molecule has 0 aromatic rings. The van der Waals surface area contributed by atoms with Gasteiger partial charge in [0.2, 0.25) is 0 Å². The molecule has 0 saturated heterocycles. The molecule has 0 spiro atoms. The van der Waals surface area contributed by atoms with Gasteiger partial charge in [-0.3, -0.25) is 0 Å². The van der Waals surface area contributed by atoms with Gasteiger partial charge in [0, 0.05) is 12.8 Å². The van der Waals surface area contributed by atoms with Gasteiger partial charge in [-0.15, -0.1) is 0 Å². The minimum atomic E-state index is -0.820. The van der Waals surface area contributed by atoms with E-state index in [9.17, 15) is 0 Å². The number of rotatable bonds is 21. The van der Waals surface area contributed by atoms with Crippen molar-refractivity contribution in [1.29, 1.82) is 0 Å². The van der Waals surface area contributed by atoms with Gasteiger partial charge in [0.1, 0.15) is 19.3 Å². The lowest BCUT2D eigenvalue weighted by atomic mass is 10.0. The van der Waals surface area contributed by atoms with Crippen LogP contribution in [0.2, 0.25) is 0 Å². The van der Waals surface area contributed by atoms with Gasteiger partial charge in [-0.25, -0.2) is 0 Å². The second-order valence-electron chi connectivity index (χ2n) is 8.61. The quantitative estimate of drug-likeness (QED) is 0.118. The van der Waals surface area contributed by atoms with Gasteiger partial charge < -0.3 is 24.8 Å². The van der Waals surface area contributed by atoms with E-state index in [4.69, 9.17) is 49.2 Å². The second-order valence-corrected chi connectivity index (χ2v) is 9.52. The van der Waals surface area contributed by atoms with Crippen molar-refractivity contribution in [1.82, 2.24) is 0 Å². The molecule has 2 atom stereocenters. The van der Waals surface area contributed by atoms with Gasteiger partial charge in [0.15, 0.2) is 10.1 Å². The number of aliphatic hydroxyl groups is 3. The molecule has 0 saturated carbocycles. The van der Waals surface area contributed by atoms with E-state index < -0.39 is 6.10 Å². The highest BCUT2D eigenvalue weighted by atomic mass is 32.1. The van der Waals surface area contributed by atoms with Crippen LogP contribution in [0, 0.1) is 0 Å². The highest BCUT2D eigenvalue weighted by Gasteiger charge is 2.04. The van der Waals surface area contributed by atoms with E-state index in [1.807, 2.05) is 13.8 Å². The Labute approximate surface area is 214 Å². The van der Waals surface area contributed by atoms with Crippen LogP contribution in [0.15, 0.2) is 0 Å². The summed E-state index contributed by atoms with van der Waals surface area (Å²) in [7, 11) is 0. The summed E-state index contributed by atoms with van der Waals surface area (Å²) in [5.74, 6) is 0. The Hall–Kier alpha value is -0.340. The van der Waals surface area contributed by atoms with Crippen LogP contribution in [0.25, 0.3) is 0 Å². The Balaban J connectivity index is 0. The van der Waals surface area contributed by atoms with Crippen molar-refractivity contribution in [2.24, 2.45) is 0 Å². The van der Waals surface area contributed by atoms with Crippen LogP contribution in [-0.4, -0.2) is 57.4 Å². The van der Waals surface area contributed by atoms with Crippen molar-refractivity contribution in [3.8, 4) is 0 Å². The normalized spacial score (nSPS) is 12.4. The number of hydrogen-bond acceptors (Lipinski definition) is 7. The average molecular weight is 509 g/mol. The Morgan fingerprint density at radius 3 is 1.48 bits per heavy atom. The van der Waals surface area contributed by atoms with Crippen molar-refractivity contribution < 1.29 is 24.8 Å². The summed E-state index contributed by atoms with van der Waals surface area (Å²) in [4.78, 5) is 0. The van der Waals surface area contributed by atoms with E-state index in [0.717, 1.165) is 19.3 Å². The van der Waals surface area contributed by atoms with Crippen LogP contribution >= 0.6 is 24.4 Å². The average Bonchev–Trinajstić information content (AvgIpc) is 2.83. The van der Waals surface area contributed by atoms with Gasteiger partial charge in [-0.1, -0.05) is 97.8 Å². The minimum Gasteiger partial charge on any atom is -0.484 e. The highest BCUT2D eigenvalue weighted by molar-refractivity contribution is 7.80. The third-order valence-electron chi connectivity index (χ3n) is 5.33. The number of thiocarbonyl (C=S) groups is 2. The first-order valence-corrected chi connectivity index (χ1v) is 14.0. The molecule has 0 aliphatic heterocycles. The lowest BCUT2D eigenvalue weighted by Crippen LogP contribution is -2.21. The van der Waals surface area contributed by atoms with Crippen LogP contribution in [0.4, 0.5) is 0 Å². The minimum absolute atomic E-state index is 0.105. The fourth-order valence-corrected chi connectivity index (χ4v) is 3.29. The molecule has 0 fully saturated rings. The molecule has 0 bridgehead atoms. The van der Waals surface area contributed by atoms with Crippen molar-refractivity contribution in [2.75, 3.05) is 19.8 Å². The molecule has 3 N–H and O–H groups in total. The Kier molecular flexibility index (Phi) is 29.4. The molecule has 0 amide bonds. The van der Waals surface area contributed by atoms with E-state index in [1.54, 1.807) is 0 Å². The van der Waals surface area contributed by atoms with Gasteiger partial charge >= 0.3 is 0 Å². The first-order chi connectivity index (χ1) is 15.9. The van der Waals surface area contributed by atoms with E-state index in [-0.39, 0.29) is 19.3 Å². The molecule has 7 heteroatoms. The topological polar surface area (TPSA) is 79.2 Å². The fraction of sp³-hybridized carbons (Fsp3) is 0.923. The van der Waals surface area contributed by atoms with E-state index in [2.05, 4.69) is 6.92 Å². The molecule has 0 aliphatic rings. The van der Waals surface area contributed by atoms with E-state index in [0.29, 0.717) is 23.1 Å². The molecule has 33 heavy (non-hydrogen) atoms. The monoisotopic (exact) mass is 508 g/mol. The number of hydrogen-bond donors (Lipinski definition) is 3. The molecule has 2 unspecified atom stereocenters. The van der Waals surface area contributed by atoms with Crippen LogP contribution in [0.1, 0.15) is 124 Å². The smallest absolute Gasteiger partial charge is 0.159 e. The Morgan fingerprint density at radius 2 is 1.06 bits per heavy atom. The molecule has 0 radical (unpaired) electrons. The zero-order valence-electron chi connectivity index (χ0n) is 21.6. The summed E-state index contributed by atoms with van der Waals surface area (Å²) in [5, 5.41) is 28.0. The first-order valence-electron chi connectivity index (χ1n) is 13.2. The number of ether oxygens (including phenoxy) is 2. The van der Waals surface area contributed by atoms with Crippen molar-refractivity contribution in [3.05, 3.63) is 0 Å². The predicted molar refractivity (Wildman–Crippen MR) is 147 cm³/mol. The van der Waals surface area contributed by atoms with Crippen molar-refractivity contribution in [2.45, 2.75) is 136 Å². The molecule has 198 valence electrons. The van der Waals surface area contributed by atoms with Crippen LogP contribution in [0.3, 0.4) is 0 Å². The van der Waals surface area contributed by atoms with Crippen LogP contribution in [-0.2, 0) is 9.47 Å². The van der Waals surface area contributed by atoms with Gasteiger partial charge in [0.05, 0.1) is 12.7 Å². The molecule has 0 aromatic heterocycles. The molecule has 0 aromatic carbocycles. The Morgan fingerprint density at radius 1 is 0.636 bits per heavy atom. The Bertz CT molecular complexity index is 435. The fourth-order valence-electron chi connectivity index (χ4n) is 3.01. The van der Waals surface area contributed by atoms with Gasteiger partial charge in [-0.2, -0.15) is 0 Å². The molecular formula is C26H52O5S2. The van der Waals surface area contributed by atoms with E-state index in [1.165, 1.54) is 77.0 Å². The SMILES string of the molecule is CCC(=S)OCC(O)CC.CCCCCCCCCCCCCCCC(=S)OCC(O)CO. The summed E-state index contributed by atoms with van der Waals surface area (Å²) in [6.07, 6.45) is 18.5. The summed E-state index contributed by atoms with van der Waals surface area (Å²) in [6, 6.07) is 0. The second kappa shape index (κ2) is 27.9. The molecule has 0 heterocycles. The summed E-state index contributed by atoms with van der Waals surface area (Å²) >= 11 is 9.88. The summed E-state index contributed by atoms with van der Waals surface area (Å²) in [5.41, 5.74) is 0. The van der Waals surface area contributed by atoms with Gasteiger partial charge in [0.25, 0.3) is 0 Å². The van der Waals surface area contributed by atoms with Crippen LogP contribution < -0.4 is 0 Å². The zero-order chi connectivity index (χ0) is 25.2. The predicted octanol–water partition coefficient (Wildman–Crippen LogP) is 6.68. The molecule has 5 nitrogen and oxygen atoms in total. The first kappa shape index (κ1) is 34.8. The maximum Gasteiger partial charge on any atom is 0.159 e. The largest absolute Gasteiger partial charge is 0.484 e. The standard InChI is InChI=1S/C19H38O3S.C7H14O2S/c1-2-3-4-5-6-7-8-9-10-11-12-13-14-15-19(23)22-17-18(21)16-20;1-3-6(8)5-9-7(10)4-2/h18,20-21H,2-17H2,1H3;6,8H,3-5H2,1-2H3. The van der Waals surface area contributed by atoms with Crippen LogP contribution in [0.5, 0.6) is 0 Å². The molecular weight excluding hydrogens is 456 g/mol. The lowest BCUT2D eigenvalue weighted by Gasteiger charge is -2.10. The zero-order valence-corrected chi connectivity index (χ0v) is 23.2. The third kappa shape index (κ3) is 29.6. The number of aliphatic hydroxyl groups excluding tert-OH is 3. The van der Waals surface area contributed by atoms with Crippen molar-refractivity contribution in [3.63, 3.8) is 0 Å².